The lowest BCUT2D eigenvalue weighted by molar-refractivity contribution is -0.116. The summed E-state index contributed by atoms with van der Waals surface area (Å²) in [5.41, 5.74) is 9.98. The van der Waals surface area contributed by atoms with Gasteiger partial charge in [-0.15, -0.1) is 0 Å². The molecule has 4 N–H and O–H groups in total. The second-order valence-electron chi connectivity index (χ2n) is 6.40. The summed E-state index contributed by atoms with van der Waals surface area (Å²) in [5.74, 6) is 4.45. The number of amides is 2. The van der Waals surface area contributed by atoms with Gasteiger partial charge in [-0.3, -0.25) is 9.59 Å². The number of nitrogens with zero attached hydrogens (tertiary/aromatic N) is 1. The van der Waals surface area contributed by atoms with Crippen molar-refractivity contribution >= 4 is 28.4 Å². The highest BCUT2D eigenvalue weighted by Crippen LogP contribution is 2.35. The fraction of sp³-hybridized carbons (Fsp3) is 0.368. The molecule has 3 rings (SSSR count). The summed E-state index contributed by atoms with van der Waals surface area (Å²) in [6.07, 6.45) is 0.860. The van der Waals surface area contributed by atoms with Gasteiger partial charge >= 0.3 is 0 Å². The van der Waals surface area contributed by atoms with E-state index in [0.29, 0.717) is 12.1 Å². The van der Waals surface area contributed by atoms with Crippen molar-refractivity contribution in [2.45, 2.75) is 33.2 Å². The smallest absolute Gasteiger partial charge is 0.296 e. The number of benzene rings is 1. The molecule has 1 saturated heterocycles. The van der Waals surface area contributed by atoms with Crippen LogP contribution in [0.4, 0.5) is 5.69 Å². The molecule has 0 radical (unpaired) electrons. The molecule has 6 nitrogen and oxygen atoms in total. The number of rotatable bonds is 3. The molecule has 2 heterocycles. The Kier molecular flexibility index (Phi) is 4.41. The van der Waals surface area contributed by atoms with Crippen LogP contribution in [0.15, 0.2) is 12.1 Å². The summed E-state index contributed by atoms with van der Waals surface area (Å²) in [5, 5.41) is 3.96. The lowest BCUT2D eigenvalue weighted by Gasteiger charge is -2.21. The topological polar surface area (TPSA) is 91.2 Å². The Morgan fingerprint density at radius 1 is 1.36 bits per heavy atom. The zero-order chi connectivity index (χ0) is 18.1. The van der Waals surface area contributed by atoms with Gasteiger partial charge in [0.25, 0.3) is 11.8 Å². The number of aromatic amines is 1. The summed E-state index contributed by atoms with van der Waals surface area (Å²) < 4.78 is 0. The third-order valence-corrected chi connectivity index (χ3v) is 4.80. The molecule has 2 aromatic rings. The first-order valence-electron chi connectivity index (χ1n) is 8.32. The van der Waals surface area contributed by atoms with Crippen LogP contribution in [-0.2, 0) is 4.79 Å². The minimum atomic E-state index is -0.442. The number of H-pyrrole nitrogens is 1. The highest BCUT2D eigenvalue weighted by molar-refractivity contribution is 6.10. The van der Waals surface area contributed by atoms with E-state index in [0.717, 1.165) is 40.8 Å². The molecule has 130 valence electrons. The first-order valence-corrected chi connectivity index (χ1v) is 8.32. The summed E-state index contributed by atoms with van der Waals surface area (Å²) in [6, 6.07) is 3.78. The molecule has 1 unspecified atom stereocenters. The van der Waals surface area contributed by atoms with E-state index in [1.54, 1.807) is 13.0 Å². The number of nitrogens with one attached hydrogen (secondary N) is 2. The summed E-state index contributed by atoms with van der Waals surface area (Å²) in [7, 11) is 0. The maximum Gasteiger partial charge on any atom is 0.296 e. The van der Waals surface area contributed by atoms with Crippen LogP contribution in [0.25, 0.3) is 10.9 Å². The van der Waals surface area contributed by atoms with Crippen molar-refractivity contribution in [2.75, 3.05) is 18.0 Å². The lowest BCUT2D eigenvalue weighted by atomic mass is 10.1. The van der Waals surface area contributed by atoms with Crippen LogP contribution in [-0.4, -0.2) is 35.9 Å². The number of aryl methyl sites for hydroxylation is 2. The quantitative estimate of drug-likeness (QED) is 0.743. The average Bonchev–Trinajstić information content (AvgIpc) is 3.12. The third kappa shape index (κ3) is 3.05. The first-order chi connectivity index (χ1) is 11.9. The maximum atomic E-state index is 11.7. The van der Waals surface area contributed by atoms with Gasteiger partial charge in [-0.25, -0.2) is 0 Å². The van der Waals surface area contributed by atoms with Gasteiger partial charge in [0.15, 0.2) is 0 Å². The van der Waals surface area contributed by atoms with Crippen LogP contribution < -0.4 is 16.0 Å². The van der Waals surface area contributed by atoms with Crippen molar-refractivity contribution in [3.05, 3.63) is 29.0 Å². The van der Waals surface area contributed by atoms with E-state index in [4.69, 9.17) is 5.73 Å². The standard InChI is InChI=1S/C19H22N4O2/c1-4-5-16(24)22-13-8-9-23(10-13)15-7-6-14(19(20)25)18-17(15)11(2)12(3)21-18/h6-7,13,21H,8-10H2,1-3H3,(H2,20,25)(H,22,24). The Balaban J connectivity index is 1.94. The molecule has 0 bridgehead atoms. The Hall–Kier alpha value is -2.94. The van der Waals surface area contributed by atoms with Crippen LogP contribution in [0.2, 0.25) is 0 Å². The number of nitrogens with two attached hydrogens (primary N) is 1. The van der Waals surface area contributed by atoms with E-state index in [-0.39, 0.29) is 11.9 Å². The monoisotopic (exact) mass is 338 g/mol. The number of fused-ring (bicyclic) bond motifs is 1. The van der Waals surface area contributed by atoms with Crippen LogP contribution in [0.3, 0.4) is 0 Å². The van der Waals surface area contributed by atoms with Crippen LogP contribution in [0.1, 0.15) is 35.0 Å². The summed E-state index contributed by atoms with van der Waals surface area (Å²) in [4.78, 5) is 28.9. The Morgan fingerprint density at radius 3 is 2.80 bits per heavy atom. The van der Waals surface area contributed by atoms with E-state index < -0.39 is 5.91 Å². The molecule has 6 heteroatoms. The summed E-state index contributed by atoms with van der Waals surface area (Å²) in [6.45, 7) is 7.22. The molecular weight excluding hydrogens is 316 g/mol. The number of carbonyl (C=O) groups excluding carboxylic acids is 2. The predicted molar refractivity (Wildman–Crippen MR) is 98.5 cm³/mol. The Bertz CT molecular complexity index is 917. The highest BCUT2D eigenvalue weighted by atomic mass is 16.1. The molecule has 1 fully saturated rings. The number of hydrogen-bond acceptors (Lipinski definition) is 3. The van der Waals surface area contributed by atoms with Gasteiger partial charge in [0, 0.05) is 35.9 Å². The lowest BCUT2D eigenvalue weighted by Crippen LogP contribution is -2.36. The molecule has 1 atom stereocenters. The molecule has 0 aliphatic carbocycles. The normalized spacial score (nSPS) is 16.6. The van der Waals surface area contributed by atoms with Gasteiger partial charge < -0.3 is 20.9 Å². The average molecular weight is 338 g/mol. The van der Waals surface area contributed by atoms with Crippen molar-refractivity contribution in [1.82, 2.24) is 10.3 Å². The van der Waals surface area contributed by atoms with Gasteiger partial charge in [0.1, 0.15) is 0 Å². The molecule has 2 amide bonds. The van der Waals surface area contributed by atoms with Gasteiger partial charge in [0.05, 0.1) is 11.1 Å². The number of anilines is 1. The van der Waals surface area contributed by atoms with E-state index in [1.807, 2.05) is 19.9 Å². The molecule has 1 aliphatic rings. The van der Waals surface area contributed by atoms with Gasteiger partial charge in [-0.05, 0) is 50.8 Å². The summed E-state index contributed by atoms with van der Waals surface area (Å²) >= 11 is 0. The molecule has 1 aromatic heterocycles. The molecule has 1 aliphatic heterocycles. The van der Waals surface area contributed by atoms with Gasteiger partial charge in [0.2, 0.25) is 0 Å². The first kappa shape index (κ1) is 16.9. The van der Waals surface area contributed by atoms with Crippen molar-refractivity contribution in [1.29, 1.82) is 0 Å². The minimum absolute atomic E-state index is 0.0690. The number of primary amides is 1. The van der Waals surface area contributed by atoms with Crippen LogP contribution in [0.5, 0.6) is 0 Å². The molecular formula is C19H22N4O2. The second kappa shape index (κ2) is 6.52. The maximum absolute atomic E-state index is 11.7. The third-order valence-electron chi connectivity index (χ3n) is 4.80. The van der Waals surface area contributed by atoms with Crippen LogP contribution in [0, 0.1) is 25.7 Å². The van der Waals surface area contributed by atoms with E-state index >= 15 is 0 Å². The van der Waals surface area contributed by atoms with Crippen molar-refractivity contribution < 1.29 is 9.59 Å². The second-order valence-corrected chi connectivity index (χ2v) is 6.40. The SMILES string of the molecule is CC#CC(=O)NC1CCN(c2ccc(C(N)=O)c3[nH]c(C)c(C)c23)C1. The zero-order valence-corrected chi connectivity index (χ0v) is 14.7. The fourth-order valence-electron chi connectivity index (χ4n) is 3.47. The van der Waals surface area contributed by atoms with Gasteiger partial charge in [-0.1, -0.05) is 5.92 Å². The Morgan fingerprint density at radius 2 is 2.12 bits per heavy atom. The van der Waals surface area contributed by atoms with Crippen molar-refractivity contribution in [3.8, 4) is 11.8 Å². The van der Waals surface area contributed by atoms with E-state index in [2.05, 4.69) is 27.0 Å². The number of carbonyl (C=O) groups is 2. The van der Waals surface area contributed by atoms with Gasteiger partial charge in [-0.2, -0.15) is 0 Å². The van der Waals surface area contributed by atoms with Crippen molar-refractivity contribution in [3.63, 3.8) is 0 Å². The molecule has 0 spiro atoms. The van der Waals surface area contributed by atoms with Crippen LogP contribution >= 0.6 is 0 Å². The largest absolute Gasteiger partial charge is 0.369 e. The predicted octanol–water partition coefficient (Wildman–Crippen LogP) is 1.60. The minimum Gasteiger partial charge on any atom is -0.369 e. The fourth-order valence-corrected chi connectivity index (χ4v) is 3.47. The van der Waals surface area contributed by atoms with Crippen molar-refractivity contribution in [2.24, 2.45) is 5.73 Å². The number of aromatic nitrogens is 1. The molecule has 1 aromatic carbocycles. The Labute approximate surface area is 146 Å². The number of hydrogen-bond donors (Lipinski definition) is 3. The van der Waals surface area contributed by atoms with E-state index in [1.165, 1.54) is 0 Å². The molecule has 25 heavy (non-hydrogen) atoms. The van der Waals surface area contributed by atoms with E-state index in [9.17, 15) is 9.59 Å². The highest BCUT2D eigenvalue weighted by Gasteiger charge is 2.26. The zero-order valence-electron chi connectivity index (χ0n) is 14.7. The molecule has 0 saturated carbocycles.